The van der Waals surface area contributed by atoms with Crippen LogP contribution in [0.15, 0.2) is 48.7 Å². The van der Waals surface area contributed by atoms with Crippen LogP contribution in [0.25, 0.3) is 0 Å². The molecule has 0 aliphatic rings. The van der Waals surface area contributed by atoms with E-state index >= 15 is 0 Å². The third kappa shape index (κ3) is 4.03. The van der Waals surface area contributed by atoms with Gasteiger partial charge in [-0.15, -0.1) is 12.4 Å². The van der Waals surface area contributed by atoms with Crippen LogP contribution in [-0.4, -0.2) is 22.8 Å². The summed E-state index contributed by atoms with van der Waals surface area (Å²) in [5, 5.41) is 0. The van der Waals surface area contributed by atoms with Crippen LogP contribution in [0.2, 0.25) is 0 Å². The highest BCUT2D eigenvalue weighted by Crippen LogP contribution is 2.20. The molecular weight excluding hydrogens is 286 g/mol. The summed E-state index contributed by atoms with van der Waals surface area (Å²) in [5.41, 5.74) is 8.00. The molecule has 4 nitrogen and oxygen atoms in total. The third-order valence-electron chi connectivity index (χ3n) is 3.46. The molecule has 0 spiro atoms. The molecule has 0 aliphatic heterocycles. The van der Waals surface area contributed by atoms with Gasteiger partial charge in [-0.25, -0.2) is 0 Å². The van der Waals surface area contributed by atoms with E-state index in [2.05, 4.69) is 4.98 Å². The highest BCUT2D eigenvalue weighted by molar-refractivity contribution is 5.94. The molecule has 0 saturated carbocycles. The smallest absolute Gasteiger partial charge is 0.254 e. The van der Waals surface area contributed by atoms with Crippen molar-refractivity contribution in [3.05, 3.63) is 65.5 Å². The molecule has 112 valence electrons. The van der Waals surface area contributed by atoms with Crippen LogP contribution in [0.3, 0.4) is 0 Å². The number of amides is 1. The van der Waals surface area contributed by atoms with Gasteiger partial charge in [0.1, 0.15) is 0 Å². The largest absolute Gasteiger partial charge is 0.335 e. The maximum Gasteiger partial charge on any atom is 0.254 e. The van der Waals surface area contributed by atoms with Crippen molar-refractivity contribution in [1.82, 2.24) is 9.88 Å². The molecule has 1 aromatic carbocycles. The van der Waals surface area contributed by atoms with Gasteiger partial charge in [0, 0.05) is 25.4 Å². The molecular formula is C16H20ClN3O. The van der Waals surface area contributed by atoms with Crippen molar-refractivity contribution in [2.45, 2.75) is 19.5 Å². The second-order valence-corrected chi connectivity index (χ2v) is 4.74. The van der Waals surface area contributed by atoms with Crippen LogP contribution in [-0.2, 0) is 6.54 Å². The van der Waals surface area contributed by atoms with Gasteiger partial charge < -0.3 is 10.6 Å². The molecule has 2 aromatic rings. The van der Waals surface area contributed by atoms with E-state index in [1.807, 2.05) is 44.3 Å². The second kappa shape index (κ2) is 7.76. The molecule has 1 amide bonds. The SMILES string of the molecule is CC(c1ccccc1)N(C)C(=O)c1ccnc(CN)c1.Cl. The van der Waals surface area contributed by atoms with Crippen LogP contribution in [0.5, 0.6) is 0 Å². The van der Waals surface area contributed by atoms with Crippen molar-refractivity contribution < 1.29 is 4.79 Å². The lowest BCUT2D eigenvalue weighted by atomic mass is 10.1. The fourth-order valence-electron chi connectivity index (χ4n) is 2.06. The van der Waals surface area contributed by atoms with Crippen LogP contribution in [0.4, 0.5) is 0 Å². The molecule has 2 N–H and O–H groups in total. The van der Waals surface area contributed by atoms with Crippen molar-refractivity contribution in [1.29, 1.82) is 0 Å². The first-order chi connectivity index (χ1) is 9.63. The zero-order valence-corrected chi connectivity index (χ0v) is 13.0. The van der Waals surface area contributed by atoms with E-state index in [1.54, 1.807) is 23.2 Å². The van der Waals surface area contributed by atoms with Crippen molar-refractivity contribution in [3.8, 4) is 0 Å². The number of hydrogen-bond donors (Lipinski definition) is 1. The Morgan fingerprint density at radius 2 is 1.95 bits per heavy atom. The van der Waals surface area contributed by atoms with E-state index in [-0.39, 0.29) is 24.4 Å². The number of halogens is 1. The second-order valence-electron chi connectivity index (χ2n) is 4.74. The van der Waals surface area contributed by atoms with E-state index in [1.165, 1.54) is 0 Å². The summed E-state index contributed by atoms with van der Waals surface area (Å²) >= 11 is 0. The van der Waals surface area contributed by atoms with Gasteiger partial charge >= 0.3 is 0 Å². The maximum atomic E-state index is 12.5. The Morgan fingerprint density at radius 3 is 2.57 bits per heavy atom. The Balaban J connectivity index is 0.00000220. The zero-order chi connectivity index (χ0) is 14.5. The topological polar surface area (TPSA) is 59.2 Å². The Labute approximate surface area is 131 Å². The van der Waals surface area contributed by atoms with Crippen molar-refractivity contribution in [3.63, 3.8) is 0 Å². The average Bonchev–Trinajstić information content (AvgIpc) is 2.53. The number of benzene rings is 1. The van der Waals surface area contributed by atoms with Crippen molar-refractivity contribution in [2.24, 2.45) is 5.73 Å². The molecule has 2 rings (SSSR count). The molecule has 5 heteroatoms. The minimum Gasteiger partial charge on any atom is -0.335 e. The average molecular weight is 306 g/mol. The number of carbonyl (C=O) groups excluding carboxylic acids is 1. The van der Waals surface area contributed by atoms with Gasteiger partial charge in [-0.3, -0.25) is 9.78 Å². The number of carbonyl (C=O) groups is 1. The summed E-state index contributed by atoms with van der Waals surface area (Å²) in [5.74, 6) is -0.0292. The van der Waals surface area contributed by atoms with Crippen LogP contribution >= 0.6 is 12.4 Å². The first-order valence-electron chi connectivity index (χ1n) is 6.60. The molecule has 0 bridgehead atoms. The Hall–Kier alpha value is -1.91. The van der Waals surface area contributed by atoms with Crippen LogP contribution < -0.4 is 5.73 Å². The maximum absolute atomic E-state index is 12.5. The third-order valence-corrected chi connectivity index (χ3v) is 3.46. The Morgan fingerprint density at radius 1 is 1.29 bits per heavy atom. The number of pyridine rings is 1. The highest BCUT2D eigenvalue weighted by Gasteiger charge is 2.18. The van der Waals surface area contributed by atoms with Gasteiger partial charge in [-0.05, 0) is 24.6 Å². The zero-order valence-electron chi connectivity index (χ0n) is 12.2. The van der Waals surface area contributed by atoms with Crippen LogP contribution in [0, 0.1) is 0 Å². The van der Waals surface area contributed by atoms with Gasteiger partial charge in [0.05, 0.1) is 11.7 Å². The number of aromatic nitrogens is 1. The standard InChI is InChI=1S/C16H19N3O.ClH/c1-12(13-6-4-3-5-7-13)19(2)16(20)14-8-9-18-15(10-14)11-17;/h3-10,12H,11,17H2,1-2H3;1H. The molecule has 21 heavy (non-hydrogen) atoms. The number of rotatable bonds is 4. The van der Waals surface area contributed by atoms with E-state index in [4.69, 9.17) is 5.73 Å². The minimum absolute atomic E-state index is 0. The van der Waals surface area contributed by atoms with Gasteiger partial charge in [0.2, 0.25) is 0 Å². The van der Waals surface area contributed by atoms with Crippen molar-refractivity contribution >= 4 is 18.3 Å². The molecule has 0 fully saturated rings. The monoisotopic (exact) mass is 305 g/mol. The van der Waals surface area contributed by atoms with Gasteiger partial charge in [-0.2, -0.15) is 0 Å². The quantitative estimate of drug-likeness (QED) is 0.945. The molecule has 0 aliphatic carbocycles. The first kappa shape index (κ1) is 17.1. The molecule has 0 saturated heterocycles. The van der Waals surface area contributed by atoms with Crippen molar-refractivity contribution in [2.75, 3.05) is 7.05 Å². The lowest BCUT2D eigenvalue weighted by Crippen LogP contribution is -2.29. The lowest BCUT2D eigenvalue weighted by molar-refractivity contribution is 0.0742. The molecule has 1 unspecified atom stereocenters. The fraction of sp³-hybridized carbons (Fsp3) is 0.250. The highest BCUT2D eigenvalue weighted by atomic mass is 35.5. The Bertz CT molecular complexity index is 589. The fourth-order valence-corrected chi connectivity index (χ4v) is 2.06. The van der Waals surface area contributed by atoms with Crippen LogP contribution in [0.1, 0.15) is 34.6 Å². The van der Waals surface area contributed by atoms with E-state index in [0.29, 0.717) is 12.1 Å². The summed E-state index contributed by atoms with van der Waals surface area (Å²) in [7, 11) is 1.81. The van der Waals surface area contributed by atoms with Gasteiger partial charge in [0.15, 0.2) is 0 Å². The summed E-state index contributed by atoms with van der Waals surface area (Å²) in [6, 6.07) is 13.4. The molecule has 0 radical (unpaired) electrons. The van der Waals surface area contributed by atoms with E-state index < -0.39 is 0 Å². The first-order valence-corrected chi connectivity index (χ1v) is 6.60. The summed E-state index contributed by atoms with van der Waals surface area (Å²) < 4.78 is 0. The molecule has 1 aromatic heterocycles. The number of nitrogens with zero attached hydrogens (tertiary/aromatic N) is 2. The minimum atomic E-state index is -0.0292. The summed E-state index contributed by atoms with van der Waals surface area (Å²) in [6.45, 7) is 2.34. The normalized spacial score (nSPS) is 11.4. The van der Waals surface area contributed by atoms with E-state index in [0.717, 1.165) is 11.3 Å². The van der Waals surface area contributed by atoms with Gasteiger partial charge in [-0.1, -0.05) is 30.3 Å². The number of hydrogen-bond acceptors (Lipinski definition) is 3. The Kier molecular flexibility index (Phi) is 6.34. The summed E-state index contributed by atoms with van der Waals surface area (Å²) in [4.78, 5) is 18.3. The number of nitrogens with two attached hydrogens (primary N) is 1. The molecule has 1 heterocycles. The van der Waals surface area contributed by atoms with E-state index in [9.17, 15) is 4.79 Å². The predicted molar refractivity (Wildman–Crippen MR) is 86.3 cm³/mol. The lowest BCUT2D eigenvalue weighted by Gasteiger charge is -2.25. The summed E-state index contributed by atoms with van der Waals surface area (Å²) in [6.07, 6.45) is 1.62. The predicted octanol–water partition coefficient (Wildman–Crippen LogP) is 2.80. The molecule has 1 atom stereocenters. The van der Waals surface area contributed by atoms with Gasteiger partial charge in [0.25, 0.3) is 5.91 Å².